The number of H-pyrrole nitrogens is 1. The van der Waals surface area contributed by atoms with Crippen LogP contribution in [0, 0.1) is 5.92 Å². The minimum absolute atomic E-state index is 0.144. The van der Waals surface area contributed by atoms with Gasteiger partial charge in [-0.2, -0.15) is 0 Å². The molecular weight excluding hydrogens is 218 g/mol. The Morgan fingerprint density at radius 1 is 1.47 bits per heavy atom. The summed E-state index contributed by atoms with van der Waals surface area (Å²) in [4.78, 5) is 14.1. The molecule has 1 fully saturated rings. The molecule has 88 valence electrons. The number of nitrogens with one attached hydrogen (secondary N) is 1. The largest absolute Gasteiger partial charge is 0.497 e. The predicted molar refractivity (Wildman–Crippen MR) is 63.3 cm³/mol. The van der Waals surface area contributed by atoms with Crippen molar-refractivity contribution < 1.29 is 14.6 Å². The molecule has 0 radical (unpaired) electrons. The Hall–Kier alpha value is -1.97. The van der Waals surface area contributed by atoms with Crippen molar-refractivity contribution in [3.8, 4) is 5.75 Å². The molecule has 17 heavy (non-hydrogen) atoms. The molecule has 4 nitrogen and oxygen atoms in total. The van der Waals surface area contributed by atoms with Gasteiger partial charge in [-0.05, 0) is 30.0 Å². The van der Waals surface area contributed by atoms with Gasteiger partial charge in [0.1, 0.15) is 5.75 Å². The molecule has 1 aliphatic carbocycles. The fourth-order valence-corrected chi connectivity index (χ4v) is 2.27. The van der Waals surface area contributed by atoms with Crippen LogP contribution in [0.2, 0.25) is 0 Å². The number of hydrogen-bond acceptors (Lipinski definition) is 2. The second kappa shape index (κ2) is 3.52. The monoisotopic (exact) mass is 231 g/mol. The summed E-state index contributed by atoms with van der Waals surface area (Å²) in [6.07, 6.45) is 0.735. The fourth-order valence-electron chi connectivity index (χ4n) is 2.27. The third-order valence-electron chi connectivity index (χ3n) is 3.36. The van der Waals surface area contributed by atoms with Crippen molar-refractivity contribution in [2.75, 3.05) is 7.11 Å². The first-order valence-corrected chi connectivity index (χ1v) is 5.58. The third kappa shape index (κ3) is 1.65. The van der Waals surface area contributed by atoms with Gasteiger partial charge in [-0.25, -0.2) is 0 Å². The summed E-state index contributed by atoms with van der Waals surface area (Å²) >= 11 is 0. The smallest absolute Gasteiger partial charge is 0.307 e. The number of hydrogen-bond donors (Lipinski definition) is 2. The Morgan fingerprint density at radius 2 is 2.29 bits per heavy atom. The van der Waals surface area contributed by atoms with E-state index < -0.39 is 5.97 Å². The number of aromatic amines is 1. The molecule has 4 heteroatoms. The second-order valence-corrected chi connectivity index (χ2v) is 4.46. The maximum absolute atomic E-state index is 10.8. The number of fused-ring (bicyclic) bond motifs is 1. The Balaban J connectivity index is 1.95. The molecule has 0 amide bonds. The lowest BCUT2D eigenvalue weighted by Gasteiger charge is -1.97. The zero-order chi connectivity index (χ0) is 12.0. The summed E-state index contributed by atoms with van der Waals surface area (Å²) in [6.45, 7) is 0. The molecule has 0 unspecified atom stereocenters. The maximum atomic E-state index is 10.8. The summed E-state index contributed by atoms with van der Waals surface area (Å²) in [7, 11) is 1.63. The molecule has 0 aliphatic heterocycles. The third-order valence-corrected chi connectivity index (χ3v) is 3.36. The van der Waals surface area contributed by atoms with E-state index in [-0.39, 0.29) is 11.8 Å². The van der Waals surface area contributed by atoms with E-state index in [4.69, 9.17) is 9.84 Å². The van der Waals surface area contributed by atoms with Gasteiger partial charge in [0, 0.05) is 23.2 Å². The molecule has 1 aromatic carbocycles. The zero-order valence-corrected chi connectivity index (χ0v) is 9.43. The molecule has 1 aromatic heterocycles. The van der Waals surface area contributed by atoms with Gasteiger partial charge in [0.25, 0.3) is 0 Å². The standard InChI is InChI=1S/C13H13NO3/c1-17-8-3-2-7-4-12(14-11(7)5-8)9-6-10(9)13(15)16/h2-5,9-10,14H,6H2,1H3,(H,15,16)/t9-,10-/m1/s1. The van der Waals surface area contributed by atoms with Crippen molar-refractivity contribution in [3.05, 3.63) is 30.0 Å². The first-order valence-electron chi connectivity index (χ1n) is 5.58. The number of aromatic nitrogens is 1. The minimum atomic E-state index is -0.703. The number of carboxylic acid groups (broad SMARTS) is 1. The van der Waals surface area contributed by atoms with Crippen LogP contribution in [0.3, 0.4) is 0 Å². The topological polar surface area (TPSA) is 62.3 Å². The van der Waals surface area contributed by atoms with Crippen LogP contribution in [-0.4, -0.2) is 23.2 Å². The van der Waals surface area contributed by atoms with Crippen LogP contribution in [0.4, 0.5) is 0 Å². The minimum Gasteiger partial charge on any atom is -0.497 e. The molecule has 0 bridgehead atoms. The Bertz CT molecular complexity index is 587. The molecular formula is C13H13NO3. The number of aliphatic carboxylic acids is 1. The molecule has 0 spiro atoms. The lowest BCUT2D eigenvalue weighted by atomic mass is 10.2. The van der Waals surface area contributed by atoms with Gasteiger partial charge in [0.15, 0.2) is 0 Å². The van der Waals surface area contributed by atoms with Crippen molar-refractivity contribution in [1.82, 2.24) is 4.98 Å². The summed E-state index contributed by atoms with van der Waals surface area (Å²) in [5.74, 6) is 0.0265. The molecule has 1 saturated carbocycles. The molecule has 2 N–H and O–H groups in total. The highest BCUT2D eigenvalue weighted by atomic mass is 16.5. The van der Waals surface area contributed by atoms with Gasteiger partial charge in [-0.3, -0.25) is 4.79 Å². The van der Waals surface area contributed by atoms with E-state index in [9.17, 15) is 4.79 Å². The summed E-state index contributed by atoms with van der Waals surface area (Å²) in [5.41, 5.74) is 2.01. The first-order chi connectivity index (χ1) is 8.19. The van der Waals surface area contributed by atoms with Gasteiger partial charge >= 0.3 is 5.97 Å². The Kier molecular flexibility index (Phi) is 2.11. The quantitative estimate of drug-likeness (QED) is 0.852. The van der Waals surface area contributed by atoms with Crippen LogP contribution in [-0.2, 0) is 4.79 Å². The number of methoxy groups -OCH3 is 1. The maximum Gasteiger partial charge on any atom is 0.307 e. The van der Waals surface area contributed by atoms with Gasteiger partial charge in [0.2, 0.25) is 0 Å². The average Bonchev–Trinajstić information content (AvgIpc) is 3.02. The molecule has 2 atom stereocenters. The average molecular weight is 231 g/mol. The number of ether oxygens (including phenoxy) is 1. The Labute approximate surface area is 98.2 Å². The van der Waals surface area contributed by atoms with Crippen LogP contribution >= 0.6 is 0 Å². The summed E-state index contributed by atoms with van der Waals surface area (Å²) in [6, 6.07) is 7.84. The number of rotatable bonds is 3. The molecule has 0 saturated heterocycles. The van der Waals surface area contributed by atoms with E-state index in [2.05, 4.69) is 4.98 Å². The van der Waals surface area contributed by atoms with E-state index in [0.29, 0.717) is 0 Å². The lowest BCUT2D eigenvalue weighted by molar-refractivity contribution is -0.138. The molecule has 1 aliphatic rings. The van der Waals surface area contributed by atoms with Crippen LogP contribution in [0.5, 0.6) is 5.75 Å². The van der Waals surface area contributed by atoms with Gasteiger partial charge in [-0.1, -0.05) is 0 Å². The zero-order valence-electron chi connectivity index (χ0n) is 9.43. The van der Waals surface area contributed by atoms with Crippen molar-refractivity contribution in [2.24, 2.45) is 5.92 Å². The first kappa shape index (κ1) is 10.2. The fraction of sp³-hybridized carbons (Fsp3) is 0.308. The highest BCUT2D eigenvalue weighted by molar-refractivity contribution is 5.83. The van der Waals surface area contributed by atoms with Crippen molar-refractivity contribution in [3.63, 3.8) is 0 Å². The van der Waals surface area contributed by atoms with E-state index in [1.165, 1.54) is 0 Å². The van der Waals surface area contributed by atoms with Crippen molar-refractivity contribution in [2.45, 2.75) is 12.3 Å². The van der Waals surface area contributed by atoms with E-state index in [1.54, 1.807) is 7.11 Å². The van der Waals surface area contributed by atoms with Crippen molar-refractivity contribution >= 4 is 16.9 Å². The number of carboxylic acids is 1. The second-order valence-electron chi connectivity index (χ2n) is 4.46. The normalized spacial score (nSPS) is 22.6. The van der Waals surface area contributed by atoms with Crippen LogP contribution < -0.4 is 4.74 Å². The van der Waals surface area contributed by atoms with Crippen LogP contribution in [0.25, 0.3) is 10.9 Å². The number of carbonyl (C=O) groups is 1. The number of benzene rings is 1. The predicted octanol–water partition coefficient (Wildman–Crippen LogP) is 2.36. The molecule has 1 heterocycles. The molecule has 2 aromatic rings. The van der Waals surface area contributed by atoms with Gasteiger partial charge in [-0.15, -0.1) is 0 Å². The van der Waals surface area contributed by atoms with Crippen LogP contribution in [0.1, 0.15) is 18.0 Å². The SMILES string of the molecule is COc1ccc2cc([C@@H]3C[C@H]3C(=O)O)[nH]c2c1. The Morgan fingerprint density at radius 3 is 2.94 bits per heavy atom. The van der Waals surface area contributed by atoms with E-state index in [1.807, 2.05) is 24.3 Å². The highest BCUT2D eigenvalue weighted by Crippen LogP contribution is 2.47. The summed E-state index contributed by atoms with van der Waals surface area (Å²) < 4.78 is 5.15. The van der Waals surface area contributed by atoms with E-state index in [0.717, 1.165) is 28.8 Å². The highest BCUT2D eigenvalue weighted by Gasteiger charge is 2.45. The van der Waals surface area contributed by atoms with Crippen LogP contribution in [0.15, 0.2) is 24.3 Å². The lowest BCUT2D eigenvalue weighted by Crippen LogP contribution is -1.98. The summed E-state index contributed by atoms with van der Waals surface area (Å²) in [5, 5.41) is 10.0. The van der Waals surface area contributed by atoms with Crippen molar-refractivity contribution in [1.29, 1.82) is 0 Å². The van der Waals surface area contributed by atoms with Gasteiger partial charge < -0.3 is 14.8 Å². The molecule has 3 rings (SSSR count). The van der Waals surface area contributed by atoms with E-state index >= 15 is 0 Å². The van der Waals surface area contributed by atoms with Gasteiger partial charge in [0.05, 0.1) is 13.0 Å².